The molecule has 0 unspecified atom stereocenters. The van der Waals surface area contributed by atoms with Gasteiger partial charge in [0.1, 0.15) is 11.7 Å². The first-order valence-corrected chi connectivity index (χ1v) is 17.2. The van der Waals surface area contributed by atoms with Crippen LogP contribution in [-0.4, -0.2) is 56.8 Å². The predicted molar refractivity (Wildman–Crippen MR) is 141 cm³/mol. The normalized spacial score (nSPS) is 34.1. The van der Waals surface area contributed by atoms with E-state index in [2.05, 4.69) is 52.6 Å². The van der Waals surface area contributed by atoms with E-state index in [1.165, 1.54) is 32.1 Å². The van der Waals surface area contributed by atoms with Gasteiger partial charge in [0, 0.05) is 18.9 Å². The number of aliphatic hydroxyl groups excluding tert-OH is 1. The summed E-state index contributed by atoms with van der Waals surface area (Å²) in [7, 11) is -1.96. The molecule has 0 aromatic carbocycles. The fourth-order valence-electron chi connectivity index (χ4n) is 6.44. The second kappa shape index (κ2) is 10.7. The lowest BCUT2D eigenvalue weighted by atomic mass is 9.52. The van der Waals surface area contributed by atoms with Gasteiger partial charge in [-0.2, -0.15) is 0 Å². The quantitative estimate of drug-likeness (QED) is 0.259. The van der Waals surface area contributed by atoms with Gasteiger partial charge in [0.25, 0.3) is 0 Å². The van der Waals surface area contributed by atoms with Crippen LogP contribution in [0.3, 0.4) is 0 Å². The Morgan fingerprint density at radius 2 is 1.77 bits per heavy atom. The Kier molecular flexibility index (Phi) is 8.48. The number of hydrogen-bond acceptors (Lipinski definition) is 5. The molecule has 0 amide bonds. The highest BCUT2D eigenvalue weighted by atomic mass is 28.4. The summed E-state index contributed by atoms with van der Waals surface area (Å²) >= 11 is 0. The molecule has 3 aliphatic carbocycles. The number of unbranched alkanes of at least 4 members (excludes halogenated alkanes) is 1. The first kappa shape index (κ1) is 27.6. The number of rotatable bonds is 7. The van der Waals surface area contributed by atoms with Crippen molar-refractivity contribution in [1.29, 1.82) is 0 Å². The number of aliphatic hydroxyl groups is 1. The van der Waals surface area contributed by atoms with Crippen LogP contribution in [0.2, 0.25) is 18.1 Å². The molecular formula is C29H50O5Si. The van der Waals surface area contributed by atoms with Gasteiger partial charge >= 0.3 is 0 Å². The molecule has 4 aliphatic rings. The zero-order valence-corrected chi connectivity index (χ0v) is 24.2. The smallest absolute Gasteiger partial charge is 0.198 e. The lowest BCUT2D eigenvalue weighted by Crippen LogP contribution is -2.75. The van der Waals surface area contributed by atoms with E-state index in [1.54, 1.807) is 0 Å². The maximum absolute atomic E-state index is 11.1. The van der Waals surface area contributed by atoms with Crippen molar-refractivity contribution in [3.05, 3.63) is 0 Å². The van der Waals surface area contributed by atoms with Gasteiger partial charge in [-0.05, 0) is 56.2 Å². The van der Waals surface area contributed by atoms with Crippen LogP contribution in [0.1, 0.15) is 91.9 Å². The Balaban J connectivity index is 1.59. The maximum Gasteiger partial charge on any atom is 0.198 e. The number of ether oxygens (including phenoxy) is 3. The first-order chi connectivity index (χ1) is 16.6. The summed E-state index contributed by atoms with van der Waals surface area (Å²) < 4.78 is 26.0. The van der Waals surface area contributed by atoms with E-state index in [0.717, 1.165) is 25.7 Å². The zero-order valence-electron chi connectivity index (χ0n) is 23.2. The van der Waals surface area contributed by atoms with E-state index >= 15 is 0 Å². The molecule has 1 saturated heterocycles. The molecular weight excluding hydrogens is 456 g/mol. The van der Waals surface area contributed by atoms with Gasteiger partial charge in [0.15, 0.2) is 14.1 Å². The van der Waals surface area contributed by atoms with Gasteiger partial charge in [-0.25, -0.2) is 0 Å². The van der Waals surface area contributed by atoms with Crippen molar-refractivity contribution < 1.29 is 23.7 Å². The van der Waals surface area contributed by atoms with Crippen LogP contribution in [0.25, 0.3) is 0 Å². The molecule has 5 nitrogen and oxygen atoms in total. The Hall–Kier alpha value is -0.423. The minimum atomic E-state index is -1.96. The topological polar surface area (TPSA) is 57.2 Å². The fourth-order valence-corrected chi connectivity index (χ4v) is 7.68. The highest BCUT2D eigenvalue weighted by Gasteiger charge is 2.73. The lowest BCUT2D eigenvalue weighted by Gasteiger charge is -2.64. The molecule has 4 fully saturated rings. The molecule has 0 bridgehead atoms. The predicted octanol–water partition coefficient (Wildman–Crippen LogP) is 6.05. The number of fused-ring (bicyclic) bond motifs is 2. The van der Waals surface area contributed by atoms with Crippen LogP contribution in [-0.2, 0) is 18.6 Å². The Morgan fingerprint density at radius 3 is 2.40 bits per heavy atom. The van der Waals surface area contributed by atoms with Crippen molar-refractivity contribution in [2.45, 2.75) is 134 Å². The molecule has 4 rings (SSSR count). The van der Waals surface area contributed by atoms with Crippen LogP contribution < -0.4 is 0 Å². The monoisotopic (exact) mass is 506 g/mol. The lowest BCUT2D eigenvalue weighted by molar-refractivity contribution is -0.387. The molecule has 6 heteroatoms. The van der Waals surface area contributed by atoms with Crippen molar-refractivity contribution in [2.24, 2.45) is 17.8 Å². The van der Waals surface area contributed by atoms with Gasteiger partial charge in [-0.3, -0.25) is 0 Å². The molecule has 1 heterocycles. The summed E-state index contributed by atoms with van der Waals surface area (Å²) in [5.41, 5.74) is -0.488. The third-order valence-electron chi connectivity index (χ3n) is 9.70. The van der Waals surface area contributed by atoms with Crippen molar-refractivity contribution >= 4 is 8.32 Å². The summed E-state index contributed by atoms with van der Waals surface area (Å²) in [4.78, 5) is 0. The third kappa shape index (κ3) is 5.29. The van der Waals surface area contributed by atoms with Crippen molar-refractivity contribution in [3.8, 4) is 11.8 Å². The first-order valence-electron chi connectivity index (χ1n) is 14.3. The minimum absolute atomic E-state index is 0.0475. The van der Waals surface area contributed by atoms with Gasteiger partial charge < -0.3 is 23.7 Å². The van der Waals surface area contributed by atoms with Gasteiger partial charge in [0.2, 0.25) is 0 Å². The van der Waals surface area contributed by atoms with Crippen molar-refractivity contribution in [1.82, 2.24) is 0 Å². The highest BCUT2D eigenvalue weighted by Crippen LogP contribution is 2.62. The Labute approximate surface area is 215 Å². The molecule has 1 spiro atoms. The minimum Gasteiger partial charge on any atom is -0.403 e. The summed E-state index contributed by atoms with van der Waals surface area (Å²) in [5, 5.41) is 11.3. The molecule has 0 aromatic heterocycles. The fraction of sp³-hybridized carbons (Fsp3) is 0.931. The number of hydrogen-bond donors (Lipinski definition) is 1. The average molecular weight is 507 g/mol. The van der Waals surface area contributed by atoms with E-state index in [9.17, 15) is 5.11 Å². The highest BCUT2D eigenvalue weighted by molar-refractivity contribution is 6.74. The molecule has 35 heavy (non-hydrogen) atoms. The summed E-state index contributed by atoms with van der Waals surface area (Å²) in [6, 6.07) is 0. The standard InChI is InChI=1S/C29H50O5Si/c1-7-8-18-31-28-17-16-25(30)23(24(28)21-29(28)32-19-20-33-29)14-15-26(22-12-10-9-11-13-22)34-35(5,6)27(2,3)4/h22-26,30H,7-13,16-21H2,1-6H3/t23-,24-,25-,26+,28-/m0/s1. The Bertz CT molecular complexity index is 768. The molecule has 1 N–H and O–H groups in total. The molecule has 5 atom stereocenters. The average Bonchev–Trinajstić information content (AvgIpc) is 3.31. The maximum atomic E-state index is 11.1. The van der Waals surface area contributed by atoms with Gasteiger partial charge in [0.05, 0.1) is 25.2 Å². The summed E-state index contributed by atoms with van der Waals surface area (Å²) in [5.74, 6) is 7.08. The van der Waals surface area contributed by atoms with Crippen LogP contribution in [0.4, 0.5) is 0 Å². The van der Waals surface area contributed by atoms with Crippen molar-refractivity contribution in [2.75, 3.05) is 19.8 Å². The van der Waals surface area contributed by atoms with Crippen LogP contribution >= 0.6 is 0 Å². The van der Waals surface area contributed by atoms with Crippen molar-refractivity contribution in [3.63, 3.8) is 0 Å². The SMILES string of the molecule is CCCCO[C@@]12CC[C@H](O)[C@@H](C#C[C@@H](O[Si](C)(C)C(C)(C)C)C3CCCCC3)[C@@H]1CC21OCCO1. The Morgan fingerprint density at radius 1 is 1.09 bits per heavy atom. The third-order valence-corrected chi connectivity index (χ3v) is 14.2. The summed E-state index contributed by atoms with van der Waals surface area (Å²) in [6.07, 6.45) is 10.1. The molecule has 3 saturated carbocycles. The van der Waals surface area contributed by atoms with E-state index in [4.69, 9.17) is 18.6 Å². The van der Waals surface area contributed by atoms with E-state index in [0.29, 0.717) is 32.2 Å². The molecule has 0 radical (unpaired) electrons. The second-order valence-corrected chi connectivity index (χ2v) is 17.7. The largest absolute Gasteiger partial charge is 0.403 e. The second-order valence-electron chi connectivity index (χ2n) is 13.0. The van der Waals surface area contributed by atoms with E-state index in [1.807, 2.05) is 0 Å². The summed E-state index contributed by atoms with van der Waals surface area (Å²) in [6.45, 7) is 15.7. The van der Waals surface area contributed by atoms with Gasteiger partial charge in [-0.1, -0.05) is 65.2 Å². The van der Waals surface area contributed by atoms with E-state index in [-0.39, 0.29) is 23.0 Å². The van der Waals surface area contributed by atoms with Crippen LogP contribution in [0, 0.1) is 29.6 Å². The molecule has 1 aliphatic heterocycles. The molecule has 0 aromatic rings. The zero-order chi connectivity index (χ0) is 25.3. The van der Waals surface area contributed by atoms with E-state index < -0.39 is 25.8 Å². The van der Waals surface area contributed by atoms with Gasteiger partial charge in [-0.15, -0.1) is 0 Å². The van der Waals surface area contributed by atoms with Crippen LogP contribution in [0.15, 0.2) is 0 Å². The van der Waals surface area contributed by atoms with Crippen LogP contribution in [0.5, 0.6) is 0 Å². The molecule has 200 valence electrons.